The normalized spacial score (nSPS) is 14.8. The number of hydrogen-bond donors (Lipinski definition) is 2. The Morgan fingerprint density at radius 3 is 2.24 bits per heavy atom. The Kier molecular flexibility index (Phi) is 5.44. The van der Waals surface area contributed by atoms with E-state index in [4.69, 9.17) is 11.6 Å². The number of halogens is 1. The summed E-state index contributed by atoms with van der Waals surface area (Å²) in [7, 11) is 0. The van der Waals surface area contributed by atoms with E-state index in [9.17, 15) is 4.79 Å². The van der Waals surface area contributed by atoms with E-state index in [0.717, 1.165) is 22.4 Å². The van der Waals surface area contributed by atoms with Crippen LogP contribution < -0.4 is 10.6 Å². The molecule has 0 saturated heterocycles. The number of amides is 1. The molecular weight excluding hydrogens is 434 g/mol. The van der Waals surface area contributed by atoms with Crippen molar-refractivity contribution in [3.63, 3.8) is 0 Å². The van der Waals surface area contributed by atoms with Gasteiger partial charge >= 0.3 is 0 Å². The highest BCUT2D eigenvalue weighted by molar-refractivity contribution is 6.30. The van der Waals surface area contributed by atoms with Crippen LogP contribution in [0.5, 0.6) is 0 Å². The van der Waals surface area contributed by atoms with Crippen LogP contribution in [0.25, 0.3) is 5.70 Å². The van der Waals surface area contributed by atoms with Gasteiger partial charge in [0.05, 0.1) is 0 Å². The van der Waals surface area contributed by atoms with Crippen molar-refractivity contribution < 1.29 is 4.79 Å². The third-order valence-corrected chi connectivity index (χ3v) is 5.83. The maximum Gasteiger partial charge on any atom is 0.258 e. The van der Waals surface area contributed by atoms with Crippen LogP contribution in [0.1, 0.15) is 38.7 Å². The van der Waals surface area contributed by atoms with Gasteiger partial charge in [0.25, 0.3) is 11.9 Å². The van der Waals surface area contributed by atoms with Gasteiger partial charge in [-0.25, -0.2) is 4.68 Å². The van der Waals surface area contributed by atoms with Gasteiger partial charge in [0.2, 0.25) is 5.95 Å². The Morgan fingerprint density at radius 1 is 0.939 bits per heavy atom. The lowest BCUT2D eigenvalue weighted by molar-refractivity contribution is 0.102. The molecule has 2 N–H and O–H groups in total. The smallest absolute Gasteiger partial charge is 0.258 e. The molecule has 3 aromatic carbocycles. The molecule has 0 radical (unpaired) electrons. The minimum atomic E-state index is -0.254. The number of allylic oxidation sites excluding steroid dienone is 1. The molecule has 4 aromatic rings. The number of fused-ring (bicyclic) bond motifs is 1. The average Bonchev–Trinajstić information content (AvgIpc) is 3.22. The van der Waals surface area contributed by atoms with Crippen LogP contribution in [-0.4, -0.2) is 20.7 Å². The summed E-state index contributed by atoms with van der Waals surface area (Å²) in [5, 5.41) is 11.4. The van der Waals surface area contributed by atoms with E-state index >= 15 is 0 Å². The number of hydrogen-bond acceptors (Lipinski definition) is 4. The van der Waals surface area contributed by atoms with Crippen molar-refractivity contribution in [2.75, 3.05) is 10.6 Å². The summed E-state index contributed by atoms with van der Waals surface area (Å²) >= 11 is 6.08. The Bertz CT molecular complexity index is 1340. The highest BCUT2D eigenvalue weighted by Gasteiger charge is 2.26. The van der Waals surface area contributed by atoms with E-state index in [1.54, 1.807) is 16.8 Å². The van der Waals surface area contributed by atoms with Crippen molar-refractivity contribution in [1.29, 1.82) is 0 Å². The summed E-state index contributed by atoms with van der Waals surface area (Å²) in [6, 6.07) is 23.1. The summed E-state index contributed by atoms with van der Waals surface area (Å²) in [5.41, 5.74) is 5.77. The number of aryl methyl sites for hydroxylation is 2. The first-order valence-electron chi connectivity index (χ1n) is 10.6. The fourth-order valence-electron chi connectivity index (χ4n) is 3.72. The predicted octanol–water partition coefficient (Wildman–Crippen LogP) is 5.86. The average molecular weight is 456 g/mol. The number of anilines is 2. The molecule has 1 atom stereocenters. The van der Waals surface area contributed by atoms with Gasteiger partial charge in [-0.1, -0.05) is 71.3 Å². The van der Waals surface area contributed by atoms with Gasteiger partial charge in [0, 0.05) is 16.3 Å². The monoisotopic (exact) mass is 455 g/mol. The van der Waals surface area contributed by atoms with Crippen LogP contribution in [0.2, 0.25) is 5.02 Å². The van der Waals surface area contributed by atoms with Crippen LogP contribution in [-0.2, 0) is 0 Å². The molecule has 0 spiro atoms. The number of aromatic nitrogens is 3. The van der Waals surface area contributed by atoms with E-state index in [-0.39, 0.29) is 17.9 Å². The highest BCUT2D eigenvalue weighted by Crippen LogP contribution is 2.33. The van der Waals surface area contributed by atoms with E-state index < -0.39 is 0 Å². The molecule has 164 valence electrons. The summed E-state index contributed by atoms with van der Waals surface area (Å²) < 4.78 is 1.79. The van der Waals surface area contributed by atoms with Crippen molar-refractivity contribution in [2.24, 2.45) is 0 Å². The second-order valence-corrected chi connectivity index (χ2v) is 8.53. The second-order valence-electron chi connectivity index (χ2n) is 8.09. The summed E-state index contributed by atoms with van der Waals surface area (Å²) in [6.45, 7) is 4.04. The standard InChI is InChI=1S/C26H22ClN5O/c1-16-3-7-19(8-4-16)23-15-22(18-11-13-21(27)14-12-18)28-26-30-25(31-32(23)26)29-24(33)20-9-5-17(2)6-10-20/h3-15,23H,1-2H3,(H2,28,29,30,31,33). The SMILES string of the molecule is Cc1ccc(C(=O)Nc2nc3n(n2)C(c2ccc(C)cc2)C=C(c2ccc(Cl)cc2)N3)cc1. The molecule has 1 unspecified atom stereocenters. The van der Waals surface area contributed by atoms with E-state index in [2.05, 4.69) is 58.0 Å². The van der Waals surface area contributed by atoms with E-state index in [0.29, 0.717) is 16.5 Å². The van der Waals surface area contributed by atoms with Crippen molar-refractivity contribution in [2.45, 2.75) is 19.9 Å². The molecule has 1 amide bonds. The molecule has 0 bridgehead atoms. The Morgan fingerprint density at radius 2 is 1.58 bits per heavy atom. The topological polar surface area (TPSA) is 71.8 Å². The zero-order valence-electron chi connectivity index (χ0n) is 18.2. The summed E-state index contributed by atoms with van der Waals surface area (Å²) in [5.74, 6) is 0.536. The highest BCUT2D eigenvalue weighted by atomic mass is 35.5. The lowest BCUT2D eigenvalue weighted by Gasteiger charge is -2.24. The molecule has 2 heterocycles. The first-order chi connectivity index (χ1) is 16.0. The number of benzene rings is 3. The molecule has 0 saturated carbocycles. The van der Waals surface area contributed by atoms with Crippen LogP contribution in [0, 0.1) is 13.8 Å². The van der Waals surface area contributed by atoms with Crippen LogP contribution >= 0.6 is 11.6 Å². The van der Waals surface area contributed by atoms with Gasteiger partial charge in [-0.05, 0) is 55.3 Å². The molecule has 33 heavy (non-hydrogen) atoms. The quantitative estimate of drug-likeness (QED) is 0.404. The van der Waals surface area contributed by atoms with Crippen molar-refractivity contribution in [1.82, 2.24) is 14.8 Å². The molecule has 0 fully saturated rings. The molecule has 5 rings (SSSR count). The Hall–Kier alpha value is -3.90. The fraction of sp³-hybridized carbons (Fsp3) is 0.115. The Balaban J connectivity index is 1.50. The third-order valence-electron chi connectivity index (χ3n) is 5.58. The lowest BCUT2D eigenvalue weighted by Crippen LogP contribution is -2.20. The maximum atomic E-state index is 12.7. The lowest BCUT2D eigenvalue weighted by atomic mass is 10.0. The number of rotatable bonds is 4. The van der Waals surface area contributed by atoms with Gasteiger partial charge < -0.3 is 5.32 Å². The molecule has 1 aliphatic rings. The van der Waals surface area contributed by atoms with Crippen LogP contribution in [0.4, 0.5) is 11.9 Å². The minimum Gasteiger partial charge on any atom is -0.324 e. The first-order valence-corrected chi connectivity index (χ1v) is 11.0. The van der Waals surface area contributed by atoms with Gasteiger partial charge in [-0.3, -0.25) is 10.1 Å². The first kappa shape index (κ1) is 21.0. The van der Waals surface area contributed by atoms with E-state index in [1.165, 1.54) is 5.56 Å². The molecule has 1 aliphatic heterocycles. The van der Waals surface area contributed by atoms with Crippen LogP contribution in [0.3, 0.4) is 0 Å². The zero-order valence-corrected chi connectivity index (χ0v) is 19.0. The number of carbonyl (C=O) groups excluding carboxylic acids is 1. The molecular formula is C26H22ClN5O. The molecule has 7 heteroatoms. The van der Waals surface area contributed by atoms with Gasteiger partial charge in [-0.15, -0.1) is 5.10 Å². The summed E-state index contributed by atoms with van der Waals surface area (Å²) in [6.07, 6.45) is 2.10. The predicted molar refractivity (Wildman–Crippen MR) is 132 cm³/mol. The second kappa shape index (κ2) is 8.56. The van der Waals surface area contributed by atoms with Gasteiger partial charge in [-0.2, -0.15) is 4.98 Å². The van der Waals surface area contributed by atoms with Crippen molar-refractivity contribution >= 4 is 35.1 Å². The van der Waals surface area contributed by atoms with E-state index in [1.807, 2.05) is 43.3 Å². The number of nitrogens with zero attached hydrogens (tertiary/aromatic N) is 3. The number of nitrogens with one attached hydrogen (secondary N) is 2. The largest absolute Gasteiger partial charge is 0.324 e. The summed E-state index contributed by atoms with van der Waals surface area (Å²) in [4.78, 5) is 17.3. The molecule has 6 nitrogen and oxygen atoms in total. The maximum absolute atomic E-state index is 12.7. The third kappa shape index (κ3) is 4.38. The van der Waals surface area contributed by atoms with Gasteiger partial charge in [0.15, 0.2) is 0 Å². The zero-order chi connectivity index (χ0) is 22.9. The minimum absolute atomic E-state index is 0.190. The molecule has 1 aromatic heterocycles. The fourth-order valence-corrected chi connectivity index (χ4v) is 3.85. The Labute approximate surface area is 196 Å². The number of carbonyl (C=O) groups is 1. The molecule has 0 aliphatic carbocycles. The van der Waals surface area contributed by atoms with Crippen molar-refractivity contribution in [3.8, 4) is 0 Å². The van der Waals surface area contributed by atoms with Crippen molar-refractivity contribution in [3.05, 3.63) is 112 Å². The van der Waals surface area contributed by atoms with Crippen LogP contribution in [0.15, 0.2) is 78.9 Å². The van der Waals surface area contributed by atoms with Gasteiger partial charge in [0.1, 0.15) is 6.04 Å².